The molecule has 0 saturated heterocycles. The van der Waals surface area contributed by atoms with Crippen molar-refractivity contribution in [3.05, 3.63) is 17.7 Å². The highest BCUT2D eigenvalue weighted by molar-refractivity contribution is 5.25. The number of aromatic nitrogens is 2. The first kappa shape index (κ1) is 13.9. The zero-order chi connectivity index (χ0) is 13.0. The smallest absolute Gasteiger partial charge is 0.160 e. The fourth-order valence-electron chi connectivity index (χ4n) is 1.28. The van der Waals surface area contributed by atoms with Crippen LogP contribution in [-0.4, -0.2) is 16.1 Å². The Morgan fingerprint density at radius 3 is 2.35 bits per heavy atom. The minimum absolute atomic E-state index is 0.133. The van der Waals surface area contributed by atoms with Crippen LogP contribution in [0.3, 0.4) is 0 Å². The molecule has 4 heteroatoms. The Morgan fingerprint density at radius 2 is 1.88 bits per heavy atom. The summed E-state index contributed by atoms with van der Waals surface area (Å²) in [5.74, 6) is 2.27. The molecular weight excluding hydrogens is 214 g/mol. The van der Waals surface area contributed by atoms with Crippen LogP contribution < -0.4 is 10.5 Å². The number of nitrogens with zero attached hydrogens (tertiary/aromatic N) is 2. The summed E-state index contributed by atoms with van der Waals surface area (Å²) in [4.78, 5) is 8.75. The Kier molecular flexibility index (Phi) is 4.87. The summed E-state index contributed by atoms with van der Waals surface area (Å²) < 4.78 is 5.83. The van der Waals surface area contributed by atoms with Gasteiger partial charge in [-0.2, -0.15) is 0 Å². The van der Waals surface area contributed by atoms with Crippen molar-refractivity contribution < 1.29 is 4.74 Å². The van der Waals surface area contributed by atoms with E-state index in [1.165, 1.54) is 0 Å². The Hall–Kier alpha value is -1.16. The number of rotatable bonds is 5. The van der Waals surface area contributed by atoms with Gasteiger partial charge in [-0.15, -0.1) is 0 Å². The molecule has 96 valence electrons. The van der Waals surface area contributed by atoms with Crippen LogP contribution in [0.4, 0.5) is 0 Å². The van der Waals surface area contributed by atoms with E-state index in [2.05, 4.69) is 37.7 Å². The fraction of sp³-hybridized carbons (Fsp3) is 0.692. The summed E-state index contributed by atoms with van der Waals surface area (Å²) >= 11 is 0. The summed E-state index contributed by atoms with van der Waals surface area (Å²) in [5.41, 5.74) is 6.49. The topological polar surface area (TPSA) is 61.0 Å². The van der Waals surface area contributed by atoms with Crippen LogP contribution in [0.2, 0.25) is 0 Å². The van der Waals surface area contributed by atoms with Gasteiger partial charge < -0.3 is 10.5 Å². The molecule has 1 heterocycles. The highest BCUT2D eigenvalue weighted by atomic mass is 16.5. The van der Waals surface area contributed by atoms with Gasteiger partial charge in [0.25, 0.3) is 0 Å². The summed E-state index contributed by atoms with van der Waals surface area (Å²) in [6.45, 7) is 10.8. The molecule has 1 rings (SSSR count). The number of nitrogens with two attached hydrogens (primary N) is 1. The van der Waals surface area contributed by atoms with Crippen molar-refractivity contribution in [3.63, 3.8) is 0 Å². The van der Waals surface area contributed by atoms with E-state index in [0.29, 0.717) is 24.1 Å². The first-order valence-corrected chi connectivity index (χ1v) is 6.18. The lowest BCUT2D eigenvalue weighted by Crippen LogP contribution is -2.20. The minimum atomic E-state index is 0.133. The van der Waals surface area contributed by atoms with Crippen LogP contribution in [0.5, 0.6) is 5.75 Å². The van der Waals surface area contributed by atoms with E-state index in [1.807, 2.05) is 6.92 Å². The van der Waals surface area contributed by atoms with Crippen LogP contribution in [0.1, 0.15) is 52.1 Å². The summed E-state index contributed by atoms with van der Waals surface area (Å²) in [6.07, 6.45) is 1.87. The molecule has 0 aromatic carbocycles. The van der Waals surface area contributed by atoms with Gasteiger partial charge in [-0.1, -0.05) is 27.7 Å². The number of hydrogen-bond donors (Lipinski definition) is 1. The number of hydrogen-bond acceptors (Lipinski definition) is 4. The van der Waals surface area contributed by atoms with Crippen LogP contribution >= 0.6 is 0 Å². The standard InChI is InChI=1S/C13H23N3O/c1-8(2)10(5)17-12-7-15-13(9(3)4)16-11(12)6-14/h7-10H,6,14H2,1-5H3. The van der Waals surface area contributed by atoms with Crippen LogP contribution in [0, 0.1) is 5.92 Å². The van der Waals surface area contributed by atoms with Crippen molar-refractivity contribution in [2.75, 3.05) is 0 Å². The predicted octanol–water partition coefficient (Wildman–Crippen LogP) is 2.48. The monoisotopic (exact) mass is 237 g/mol. The second-order valence-corrected chi connectivity index (χ2v) is 4.96. The molecule has 0 radical (unpaired) electrons. The molecule has 0 aliphatic heterocycles. The van der Waals surface area contributed by atoms with Crippen molar-refractivity contribution in [1.82, 2.24) is 9.97 Å². The average Bonchev–Trinajstić information content (AvgIpc) is 2.28. The van der Waals surface area contributed by atoms with Gasteiger partial charge in [0.1, 0.15) is 5.82 Å². The SMILES string of the molecule is CC(C)c1ncc(OC(C)C(C)C)c(CN)n1. The van der Waals surface area contributed by atoms with Crippen molar-refractivity contribution in [3.8, 4) is 5.75 Å². The fourth-order valence-corrected chi connectivity index (χ4v) is 1.28. The van der Waals surface area contributed by atoms with Gasteiger partial charge in [0.2, 0.25) is 0 Å². The molecule has 0 fully saturated rings. The lowest BCUT2D eigenvalue weighted by Gasteiger charge is -2.19. The normalized spacial score (nSPS) is 13.2. The zero-order valence-corrected chi connectivity index (χ0v) is 11.4. The maximum Gasteiger partial charge on any atom is 0.160 e. The predicted molar refractivity (Wildman–Crippen MR) is 68.9 cm³/mol. The molecule has 1 aromatic rings. The largest absolute Gasteiger partial charge is 0.487 e. The molecule has 0 bridgehead atoms. The quantitative estimate of drug-likeness (QED) is 0.854. The molecule has 1 aromatic heterocycles. The maximum absolute atomic E-state index is 5.83. The van der Waals surface area contributed by atoms with Gasteiger partial charge in [-0.25, -0.2) is 9.97 Å². The second-order valence-electron chi connectivity index (χ2n) is 4.96. The van der Waals surface area contributed by atoms with Crippen molar-refractivity contribution in [2.45, 2.75) is 53.2 Å². The average molecular weight is 237 g/mol. The van der Waals surface area contributed by atoms with Crippen molar-refractivity contribution in [2.24, 2.45) is 11.7 Å². The Bertz CT molecular complexity index is 364. The zero-order valence-electron chi connectivity index (χ0n) is 11.4. The van der Waals surface area contributed by atoms with Crippen molar-refractivity contribution in [1.29, 1.82) is 0 Å². The Balaban J connectivity index is 2.93. The van der Waals surface area contributed by atoms with E-state index in [-0.39, 0.29) is 6.10 Å². The van der Waals surface area contributed by atoms with Gasteiger partial charge in [0.15, 0.2) is 5.75 Å². The molecule has 1 unspecified atom stereocenters. The van der Waals surface area contributed by atoms with Crippen LogP contribution in [0.25, 0.3) is 0 Å². The van der Waals surface area contributed by atoms with Crippen LogP contribution in [0.15, 0.2) is 6.20 Å². The van der Waals surface area contributed by atoms with E-state index in [1.54, 1.807) is 6.20 Å². The van der Waals surface area contributed by atoms with Crippen LogP contribution in [-0.2, 0) is 6.54 Å². The molecule has 4 nitrogen and oxygen atoms in total. The first-order valence-electron chi connectivity index (χ1n) is 6.18. The van der Waals surface area contributed by atoms with Gasteiger partial charge >= 0.3 is 0 Å². The van der Waals surface area contributed by atoms with Gasteiger partial charge in [0.05, 0.1) is 18.0 Å². The Morgan fingerprint density at radius 1 is 1.24 bits per heavy atom. The van der Waals surface area contributed by atoms with E-state index < -0.39 is 0 Å². The lowest BCUT2D eigenvalue weighted by molar-refractivity contribution is 0.167. The molecule has 0 spiro atoms. The maximum atomic E-state index is 5.83. The van der Waals surface area contributed by atoms with Gasteiger partial charge in [0, 0.05) is 12.5 Å². The van der Waals surface area contributed by atoms with E-state index >= 15 is 0 Å². The molecule has 0 amide bonds. The van der Waals surface area contributed by atoms with Gasteiger partial charge in [-0.3, -0.25) is 0 Å². The number of ether oxygens (including phenoxy) is 1. The summed E-state index contributed by atoms with van der Waals surface area (Å²) in [5, 5.41) is 0. The molecule has 1 atom stereocenters. The van der Waals surface area contributed by atoms with E-state index in [0.717, 1.165) is 11.5 Å². The molecule has 17 heavy (non-hydrogen) atoms. The van der Waals surface area contributed by atoms with Gasteiger partial charge in [-0.05, 0) is 12.8 Å². The molecule has 2 N–H and O–H groups in total. The van der Waals surface area contributed by atoms with Crippen molar-refractivity contribution >= 4 is 0 Å². The third-order valence-corrected chi connectivity index (χ3v) is 2.81. The highest BCUT2D eigenvalue weighted by Crippen LogP contribution is 2.20. The third kappa shape index (κ3) is 3.66. The Labute approximate surface area is 104 Å². The second kappa shape index (κ2) is 5.96. The molecule has 0 aliphatic rings. The lowest BCUT2D eigenvalue weighted by atomic mass is 10.1. The first-order chi connectivity index (χ1) is 7.95. The third-order valence-electron chi connectivity index (χ3n) is 2.81. The molecular formula is C13H23N3O. The summed E-state index contributed by atoms with van der Waals surface area (Å²) in [6, 6.07) is 0. The highest BCUT2D eigenvalue weighted by Gasteiger charge is 2.14. The van der Waals surface area contributed by atoms with E-state index in [9.17, 15) is 0 Å². The van der Waals surface area contributed by atoms with E-state index in [4.69, 9.17) is 10.5 Å². The minimum Gasteiger partial charge on any atom is -0.487 e. The molecule has 0 saturated carbocycles. The molecule has 0 aliphatic carbocycles. The summed E-state index contributed by atoms with van der Waals surface area (Å²) in [7, 11) is 0.